The van der Waals surface area contributed by atoms with Gasteiger partial charge in [0.1, 0.15) is 12.1 Å². The van der Waals surface area contributed by atoms with E-state index in [9.17, 15) is 19.0 Å². The molecule has 332 valence electrons. The highest BCUT2D eigenvalue weighted by atomic mass is 31.2. The zero-order valence-corrected chi connectivity index (χ0v) is 37.1. The first-order valence-corrected chi connectivity index (χ1v) is 24.7. The highest BCUT2D eigenvalue weighted by molar-refractivity contribution is 7.47. The minimum atomic E-state index is -4.61. The van der Waals surface area contributed by atoms with Crippen molar-refractivity contribution in [3.05, 3.63) is 12.2 Å². The van der Waals surface area contributed by atoms with Crippen LogP contribution >= 0.6 is 7.82 Å². The van der Waals surface area contributed by atoms with Crippen LogP contribution in [0.15, 0.2) is 12.2 Å². The quantitative estimate of drug-likeness (QED) is 0.0234. The third-order valence-electron chi connectivity index (χ3n) is 10.3. The number of carbonyl (C=O) groups excluding carboxylic acids is 1. The maximum atomic E-state index is 12.6. The summed E-state index contributed by atoms with van der Waals surface area (Å²) >= 11 is 0. The van der Waals surface area contributed by atoms with E-state index in [1.54, 1.807) is 0 Å². The van der Waals surface area contributed by atoms with Gasteiger partial charge in [0, 0.05) is 13.0 Å². The Morgan fingerprint density at radius 3 is 1.39 bits per heavy atom. The molecule has 0 aromatic rings. The predicted octanol–water partition coefficient (Wildman–Crippen LogP) is 12.9. The van der Waals surface area contributed by atoms with Crippen LogP contribution in [0.4, 0.5) is 0 Å². The molecule has 0 radical (unpaired) electrons. The topological polar surface area (TPSA) is 155 Å². The Balaban J connectivity index is 4.08. The molecule has 0 spiro atoms. The average Bonchev–Trinajstić information content (AvgIpc) is 3.18. The lowest BCUT2D eigenvalue weighted by Gasteiger charge is -2.20. The third-order valence-corrected chi connectivity index (χ3v) is 11.2. The zero-order valence-electron chi connectivity index (χ0n) is 36.2. The summed E-state index contributed by atoms with van der Waals surface area (Å²) in [4.78, 5) is 33.5. The van der Waals surface area contributed by atoms with Crippen LogP contribution in [0.25, 0.3) is 0 Å². The molecule has 56 heavy (non-hydrogen) atoms. The molecule has 3 atom stereocenters. The molecule has 0 saturated heterocycles. The Labute approximate surface area is 343 Å². The van der Waals surface area contributed by atoms with E-state index in [-0.39, 0.29) is 13.0 Å². The Kier molecular flexibility index (Phi) is 40.9. The molecule has 11 heteroatoms. The first-order chi connectivity index (χ1) is 27.2. The van der Waals surface area contributed by atoms with Gasteiger partial charge in [-0.1, -0.05) is 193 Å². The summed E-state index contributed by atoms with van der Waals surface area (Å²) in [5, 5.41) is 8.89. The van der Waals surface area contributed by atoms with Crippen LogP contribution in [0.3, 0.4) is 0 Å². The number of carboxylic acids is 1. The molecule has 0 fully saturated rings. The second kappa shape index (κ2) is 41.9. The molecule has 0 heterocycles. The van der Waals surface area contributed by atoms with Crippen LogP contribution in [-0.2, 0) is 32.7 Å². The van der Waals surface area contributed by atoms with E-state index >= 15 is 0 Å². The number of ether oxygens (including phenoxy) is 2. The average molecular weight is 818 g/mol. The summed E-state index contributed by atoms with van der Waals surface area (Å²) in [6.07, 6.45) is 44.2. The summed E-state index contributed by atoms with van der Waals surface area (Å²) in [5.41, 5.74) is 5.36. The van der Waals surface area contributed by atoms with Gasteiger partial charge in [-0.3, -0.25) is 18.6 Å². The van der Waals surface area contributed by atoms with Crippen LogP contribution in [-0.4, -0.2) is 60.5 Å². The molecule has 0 rings (SSSR count). The van der Waals surface area contributed by atoms with Gasteiger partial charge in [0.25, 0.3) is 0 Å². The maximum absolute atomic E-state index is 12.6. The molecular formula is C45H88NO9P. The van der Waals surface area contributed by atoms with Crippen molar-refractivity contribution >= 4 is 19.8 Å². The summed E-state index contributed by atoms with van der Waals surface area (Å²) in [5.74, 6) is -1.78. The lowest BCUT2D eigenvalue weighted by atomic mass is 10.0. The number of unbranched alkanes of at least 4 members (excludes halogenated alkanes) is 29. The number of nitrogens with two attached hydrogens (primary N) is 1. The maximum Gasteiger partial charge on any atom is 0.472 e. The molecule has 10 nitrogen and oxygen atoms in total. The second-order valence-electron chi connectivity index (χ2n) is 15.9. The highest BCUT2D eigenvalue weighted by Gasteiger charge is 2.27. The van der Waals surface area contributed by atoms with Gasteiger partial charge in [0.05, 0.1) is 19.8 Å². The van der Waals surface area contributed by atoms with Crippen LogP contribution in [0.1, 0.15) is 226 Å². The summed E-state index contributed by atoms with van der Waals surface area (Å²) in [6, 6.07) is -1.47. The SMILES string of the molecule is CCCCC/C=C\CCCCCCCC(=O)OC(COCCCCCCCCCCCCCCCCCCCCCCCC)COP(=O)(O)OCC(N)C(=O)O. The summed E-state index contributed by atoms with van der Waals surface area (Å²) in [7, 11) is -4.61. The Morgan fingerprint density at radius 2 is 0.929 bits per heavy atom. The molecule has 4 N–H and O–H groups in total. The van der Waals surface area contributed by atoms with E-state index in [1.165, 1.54) is 141 Å². The highest BCUT2D eigenvalue weighted by Crippen LogP contribution is 2.43. The van der Waals surface area contributed by atoms with Gasteiger partial charge < -0.3 is 25.2 Å². The predicted molar refractivity (Wildman–Crippen MR) is 231 cm³/mol. The van der Waals surface area contributed by atoms with E-state index in [4.69, 9.17) is 29.4 Å². The van der Waals surface area contributed by atoms with Gasteiger partial charge in [0.2, 0.25) is 0 Å². The van der Waals surface area contributed by atoms with E-state index in [0.717, 1.165) is 57.8 Å². The normalized spacial score (nSPS) is 13.9. The standard InChI is InChI=1S/C45H88NO9P/c1-3-5-7-9-11-13-15-17-18-19-20-21-22-23-24-25-26-28-30-32-34-36-38-52-39-42(40-53-56(50,51)54-41-43(46)45(48)49)55-44(47)37-35-33-31-29-27-16-14-12-10-8-6-4-2/h12,14,42-43H,3-11,13,15-41,46H2,1-2H3,(H,48,49)(H,50,51)/b14-12-. The van der Waals surface area contributed by atoms with Crippen molar-refractivity contribution in [3.63, 3.8) is 0 Å². The number of carbonyl (C=O) groups is 2. The fourth-order valence-corrected chi connectivity index (χ4v) is 7.44. The summed E-state index contributed by atoms with van der Waals surface area (Å²) < 4.78 is 33.4. The molecule has 0 saturated carbocycles. The third kappa shape index (κ3) is 40.9. The van der Waals surface area contributed by atoms with Crippen molar-refractivity contribution in [1.29, 1.82) is 0 Å². The molecule has 0 aliphatic rings. The fourth-order valence-electron chi connectivity index (χ4n) is 6.66. The number of allylic oxidation sites excluding steroid dienone is 2. The zero-order chi connectivity index (χ0) is 41.2. The number of hydrogen-bond donors (Lipinski definition) is 3. The number of phosphoric ester groups is 1. The van der Waals surface area contributed by atoms with Crippen LogP contribution in [0, 0.1) is 0 Å². The van der Waals surface area contributed by atoms with Gasteiger partial charge in [-0.15, -0.1) is 0 Å². The smallest absolute Gasteiger partial charge is 0.472 e. The lowest BCUT2D eigenvalue weighted by molar-refractivity contribution is -0.154. The lowest BCUT2D eigenvalue weighted by Crippen LogP contribution is -2.34. The molecule has 0 aliphatic heterocycles. The number of rotatable bonds is 45. The van der Waals surface area contributed by atoms with Gasteiger partial charge in [0.15, 0.2) is 0 Å². The van der Waals surface area contributed by atoms with Crippen molar-refractivity contribution in [2.45, 2.75) is 238 Å². The van der Waals surface area contributed by atoms with Gasteiger partial charge >= 0.3 is 19.8 Å². The van der Waals surface area contributed by atoms with Crippen molar-refractivity contribution in [3.8, 4) is 0 Å². The number of phosphoric acid groups is 1. The number of carboxylic acid groups (broad SMARTS) is 1. The van der Waals surface area contributed by atoms with E-state index in [2.05, 4.69) is 26.0 Å². The first-order valence-electron chi connectivity index (χ1n) is 23.2. The summed E-state index contributed by atoms with van der Waals surface area (Å²) in [6.45, 7) is 3.88. The Bertz CT molecular complexity index is 951. The minimum Gasteiger partial charge on any atom is -0.480 e. The van der Waals surface area contributed by atoms with Crippen LogP contribution in [0.2, 0.25) is 0 Å². The number of hydrogen-bond acceptors (Lipinski definition) is 8. The number of aliphatic carboxylic acids is 1. The largest absolute Gasteiger partial charge is 0.480 e. The van der Waals surface area contributed by atoms with Gasteiger partial charge in [-0.2, -0.15) is 0 Å². The van der Waals surface area contributed by atoms with Crippen molar-refractivity contribution in [2.24, 2.45) is 5.73 Å². The van der Waals surface area contributed by atoms with Gasteiger partial charge in [-0.05, 0) is 38.5 Å². The fraction of sp³-hybridized carbons (Fsp3) is 0.911. The molecule has 3 unspecified atom stereocenters. The van der Waals surface area contributed by atoms with Crippen molar-refractivity contribution < 1.29 is 42.7 Å². The minimum absolute atomic E-state index is 0.0194. The molecule has 0 aromatic carbocycles. The number of esters is 1. The Hall–Kier alpha value is -1.29. The van der Waals surface area contributed by atoms with Crippen molar-refractivity contribution in [1.82, 2.24) is 0 Å². The molecule has 0 bridgehead atoms. The van der Waals surface area contributed by atoms with Crippen LogP contribution < -0.4 is 5.73 Å². The van der Waals surface area contributed by atoms with E-state index < -0.39 is 45.1 Å². The Morgan fingerprint density at radius 1 is 0.554 bits per heavy atom. The first kappa shape index (κ1) is 54.7. The van der Waals surface area contributed by atoms with Crippen LogP contribution in [0.5, 0.6) is 0 Å². The van der Waals surface area contributed by atoms with Gasteiger partial charge in [-0.25, -0.2) is 4.57 Å². The molecule has 0 aliphatic carbocycles. The molecular weight excluding hydrogens is 729 g/mol. The van der Waals surface area contributed by atoms with E-state index in [0.29, 0.717) is 13.0 Å². The van der Waals surface area contributed by atoms with E-state index in [1.807, 2.05) is 0 Å². The molecule has 0 amide bonds. The molecule has 0 aromatic heterocycles. The van der Waals surface area contributed by atoms with Crippen molar-refractivity contribution in [2.75, 3.05) is 26.4 Å². The second-order valence-corrected chi connectivity index (χ2v) is 17.3. The monoisotopic (exact) mass is 818 g/mol.